The Bertz CT molecular complexity index is 1940. The molecule has 0 aliphatic rings. The molecule has 0 unspecified atom stereocenters. The lowest BCUT2D eigenvalue weighted by atomic mass is 10.1. The van der Waals surface area contributed by atoms with Crippen molar-refractivity contribution in [2.45, 2.75) is 40.9 Å². The molecular formula is C48H44N2O2. The summed E-state index contributed by atoms with van der Waals surface area (Å²) in [5.41, 5.74) is 13.7. The zero-order valence-electron chi connectivity index (χ0n) is 30.3. The van der Waals surface area contributed by atoms with E-state index in [0.717, 1.165) is 56.8 Å². The molecule has 7 aromatic carbocycles. The summed E-state index contributed by atoms with van der Waals surface area (Å²) in [5.74, 6) is 1.65. The van der Waals surface area contributed by atoms with E-state index >= 15 is 0 Å². The molecule has 0 amide bonds. The molecule has 0 atom stereocenters. The van der Waals surface area contributed by atoms with Gasteiger partial charge in [-0.1, -0.05) is 89.0 Å². The minimum absolute atomic E-state index is 0.468. The minimum Gasteiger partial charge on any atom is -0.489 e. The molecule has 0 spiro atoms. The Morgan fingerprint density at radius 2 is 0.577 bits per heavy atom. The summed E-state index contributed by atoms with van der Waals surface area (Å²) >= 11 is 0. The zero-order chi connectivity index (χ0) is 35.9. The van der Waals surface area contributed by atoms with Crippen LogP contribution >= 0.6 is 0 Å². The van der Waals surface area contributed by atoms with Crippen LogP contribution in [0.15, 0.2) is 170 Å². The van der Waals surface area contributed by atoms with Crippen molar-refractivity contribution in [2.75, 3.05) is 9.80 Å². The Labute approximate surface area is 308 Å². The maximum absolute atomic E-state index is 6.24. The highest BCUT2D eigenvalue weighted by Crippen LogP contribution is 2.37. The molecule has 0 saturated carbocycles. The Morgan fingerprint density at radius 1 is 0.327 bits per heavy atom. The van der Waals surface area contributed by atoms with Crippen LogP contribution in [-0.4, -0.2) is 0 Å². The normalized spacial score (nSPS) is 10.8. The number of benzene rings is 7. The zero-order valence-corrected chi connectivity index (χ0v) is 30.3. The van der Waals surface area contributed by atoms with Crippen molar-refractivity contribution in [3.05, 3.63) is 203 Å². The quantitative estimate of drug-likeness (QED) is 0.128. The van der Waals surface area contributed by atoms with Crippen LogP contribution in [0, 0.1) is 27.7 Å². The van der Waals surface area contributed by atoms with E-state index in [1.165, 1.54) is 22.3 Å². The van der Waals surface area contributed by atoms with Crippen molar-refractivity contribution < 1.29 is 9.47 Å². The fourth-order valence-corrected chi connectivity index (χ4v) is 6.20. The minimum atomic E-state index is 0.468. The van der Waals surface area contributed by atoms with Crippen LogP contribution in [0.1, 0.15) is 33.4 Å². The molecule has 4 heteroatoms. The maximum Gasteiger partial charge on any atom is 0.119 e. The van der Waals surface area contributed by atoms with Gasteiger partial charge < -0.3 is 19.3 Å². The summed E-state index contributed by atoms with van der Waals surface area (Å²) in [5, 5.41) is 0. The lowest BCUT2D eigenvalue weighted by molar-refractivity contribution is 0.300. The molecule has 0 aromatic heterocycles. The van der Waals surface area contributed by atoms with Gasteiger partial charge in [-0.05, 0) is 142 Å². The fourth-order valence-electron chi connectivity index (χ4n) is 6.20. The predicted molar refractivity (Wildman–Crippen MR) is 216 cm³/mol. The summed E-state index contributed by atoms with van der Waals surface area (Å²) in [6.45, 7) is 9.38. The average Bonchev–Trinajstić information content (AvgIpc) is 3.17. The number of rotatable bonds is 12. The summed E-state index contributed by atoms with van der Waals surface area (Å²) in [6.07, 6.45) is 0. The molecular weight excluding hydrogens is 637 g/mol. The van der Waals surface area contributed by atoms with Gasteiger partial charge in [0.05, 0.1) is 0 Å². The molecule has 52 heavy (non-hydrogen) atoms. The average molecular weight is 681 g/mol. The molecule has 0 N–H and O–H groups in total. The molecule has 0 saturated heterocycles. The lowest BCUT2D eigenvalue weighted by Gasteiger charge is -2.26. The molecule has 0 aliphatic heterocycles. The van der Waals surface area contributed by atoms with Crippen LogP contribution in [0.4, 0.5) is 34.1 Å². The van der Waals surface area contributed by atoms with E-state index in [4.69, 9.17) is 9.47 Å². The molecule has 7 aromatic rings. The first kappa shape index (κ1) is 34.2. The summed E-state index contributed by atoms with van der Waals surface area (Å²) in [4.78, 5) is 4.54. The third kappa shape index (κ3) is 8.36. The van der Waals surface area contributed by atoms with E-state index in [1.807, 2.05) is 24.3 Å². The molecule has 0 radical (unpaired) electrons. The van der Waals surface area contributed by atoms with Crippen LogP contribution in [0.25, 0.3) is 0 Å². The summed E-state index contributed by atoms with van der Waals surface area (Å²) in [6, 6.07) is 59.5. The van der Waals surface area contributed by atoms with Crippen LogP contribution in [-0.2, 0) is 13.2 Å². The van der Waals surface area contributed by atoms with Crippen molar-refractivity contribution in [3.63, 3.8) is 0 Å². The summed E-state index contributed by atoms with van der Waals surface area (Å²) < 4.78 is 12.5. The van der Waals surface area contributed by atoms with Crippen LogP contribution in [0.2, 0.25) is 0 Å². The highest BCUT2D eigenvalue weighted by atomic mass is 16.5. The van der Waals surface area contributed by atoms with Crippen molar-refractivity contribution in [3.8, 4) is 11.5 Å². The number of aryl methyl sites for hydroxylation is 4. The third-order valence-electron chi connectivity index (χ3n) is 9.16. The number of hydrogen-bond acceptors (Lipinski definition) is 4. The third-order valence-corrected chi connectivity index (χ3v) is 9.16. The van der Waals surface area contributed by atoms with Gasteiger partial charge in [-0.25, -0.2) is 0 Å². The Morgan fingerprint density at radius 3 is 0.846 bits per heavy atom. The van der Waals surface area contributed by atoms with Gasteiger partial charge in [0.2, 0.25) is 0 Å². The van der Waals surface area contributed by atoms with E-state index < -0.39 is 0 Å². The SMILES string of the molecule is Cc1ccc(N(c2ccc(C)cc2)c2ccc(OCc3cccc(COc4ccc(N(c5ccc(C)cc5)c5ccc(C)cc5)cc4)c3)cc2)cc1. The van der Waals surface area contributed by atoms with Gasteiger partial charge in [-0.15, -0.1) is 0 Å². The molecule has 0 aliphatic carbocycles. The van der Waals surface area contributed by atoms with Crippen molar-refractivity contribution in [2.24, 2.45) is 0 Å². The van der Waals surface area contributed by atoms with E-state index in [2.05, 4.69) is 183 Å². The van der Waals surface area contributed by atoms with Crippen LogP contribution in [0.3, 0.4) is 0 Å². The molecule has 0 bridgehead atoms. The number of nitrogens with zero attached hydrogens (tertiary/aromatic N) is 2. The predicted octanol–water partition coefficient (Wildman–Crippen LogP) is 13.0. The van der Waals surface area contributed by atoms with Gasteiger partial charge in [0.25, 0.3) is 0 Å². The standard InChI is InChI=1S/C48H44N2O2/c1-35-8-16-41(17-9-35)49(42-18-10-36(2)11-19-42)45-24-28-47(29-25-45)51-33-39-6-5-7-40(32-39)34-52-48-30-26-46(27-31-48)50(43-20-12-37(3)13-21-43)44-22-14-38(4)15-23-44/h5-32H,33-34H2,1-4H3. The Hall–Kier alpha value is -6.26. The van der Waals surface area contributed by atoms with Crippen LogP contribution < -0.4 is 19.3 Å². The highest BCUT2D eigenvalue weighted by Gasteiger charge is 2.14. The van der Waals surface area contributed by atoms with E-state index in [0.29, 0.717) is 13.2 Å². The van der Waals surface area contributed by atoms with E-state index in [-0.39, 0.29) is 0 Å². The first-order chi connectivity index (χ1) is 25.4. The van der Waals surface area contributed by atoms with Gasteiger partial charge in [0.1, 0.15) is 24.7 Å². The second-order valence-electron chi connectivity index (χ2n) is 13.4. The molecule has 7 rings (SSSR count). The van der Waals surface area contributed by atoms with Gasteiger partial charge in [0.15, 0.2) is 0 Å². The van der Waals surface area contributed by atoms with Gasteiger partial charge in [-0.2, -0.15) is 0 Å². The fraction of sp³-hybridized carbons (Fsp3) is 0.125. The van der Waals surface area contributed by atoms with Gasteiger partial charge >= 0.3 is 0 Å². The van der Waals surface area contributed by atoms with Crippen molar-refractivity contribution in [1.29, 1.82) is 0 Å². The second-order valence-corrected chi connectivity index (χ2v) is 13.4. The molecule has 258 valence electrons. The monoisotopic (exact) mass is 680 g/mol. The Balaban J connectivity index is 0.990. The first-order valence-corrected chi connectivity index (χ1v) is 17.8. The number of anilines is 6. The molecule has 0 heterocycles. The smallest absolute Gasteiger partial charge is 0.119 e. The Kier molecular flexibility index (Phi) is 10.4. The van der Waals surface area contributed by atoms with Gasteiger partial charge in [0, 0.05) is 34.1 Å². The van der Waals surface area contributed by atoms with E-state index in [1.54, 1.807) is 0 Å². The topological polar surface area (TPSA) is 24.9 Å². The lowest BCUT2D eigenvalue weighted by Crippen LogP contribution is -2.10. The van der Waals surface area contributed by atoms with E-state index in [9.17, 15) is 0 Å². The highest BCUT2D eigenvalue weighted by molar-refractivity contribution is 5.78. The van der Waals surface area contributed by atoms with Gasteiger partial charge in [-0.3, -0.25) is 0 Å². The summed E-state index contributed by atoms with van der Waals surface area (Å²) in [7, 11) is 0. The van der Waals surface area contributed by atoms with Crippen molar-refractivity contribution >= 4 is 34.1 Å². The van der Waals surface area contributed by atoms with Crippen LogP contribution in [0.5, 0.6) is 11.5 Å². The maximum atomic E-state index is 6.24. The largest absolute Gasteiger partial charge is 0.489 e. The second kappa shape index (κ2) is 15.7. The number of ether oxygens (including phenoxy) is 2. The molecule has 4 nitrogen and oxygen atoms in total. The molecule has 0 fully saturated rings. The number of hydrogen-bond donors (Lipinski definition) is 0. The first-order valence-electron chi connectivity index (χ1n) is 17.8. The van der Waals surface area contributed by atoms with Crippen molar-refractivity contribution in [1.82, 2.24) is 0 Å².